The first-order valence-corrected chi connectivity index (χ1v) is 4.83. The zero-order valence-electron chi connectivity index (χ0n) is 8.77. The van der Waals surface area contributed by atoms with Crippen LogP contribution in [0.15, 0.2) is 4.52 Å². The molecule has 3 N–H and O–H groups in total. The summed E-state index contributed by atoms with van der Waals surface area (Å²) in [6.07, 6.45) is 0.267. The molecular formula is C9H17N3O2. The summed E-state index contributed by atoms with van der Waals surface area (Å²) in [6, 6.07) is -0.597. The molecule has 1 heterocycles. The second-order valence-corrected chi connectivity index (χ2v) is 3.57. The fraction of sp³-hybridized carbons (Fsp3) is 0.778. The maximum absolute atomic E-state index is 9.23. The third kappa shape index (κ3) is 2.30. The van der Waals surface area contributed by atoms with Gasteiger partial charge in [0.2, 0.25) is 5.89 Å². The topological polar surface area (TPSA) is 85.2 Å². The quantitative estimate of drug-likeness (QED) is 0.754. The molecule has 0 fully saturated rings. The minimum atomic E-state index is -0.680. The molecule has 0 radical (unpaired) electrons. The van der Waals surface area contributed by atoms with Crippen molar-refractivity contribution in [3.05, 3.63) is 11.7 Å². The normalized spacial score (nSPS) is 17.8. The van der Waals surface area contributed by atoms with E-state index in [1.807, 2.05) is 6.92 Å². The average molecular weight is 199 g/mol. The SMILES string of the molecule is CCC(C)c1noc([C@@H](N)[C@@H](C)O)n1. The van der Waals surface area contributed by atoms with Crippen molar-refractivity contribution < 1.29 is 9.63 Å². The minimum Gasteiger partial charge on any atom is -0.391 e. The summed E-state index contributed by atoms with van der Waals surface area (Å²) in [5, 5.41) is 13.0. The molecule has 0 amide bonds. The molecule has 3 atom stereocenters. The largest absolute Gasteiger partial charge is 0.391 e. The summed E-state index contributed by atoms with van der Waals surface area (Å²) in [7, 11) is 0. The van der Waals surface area contributed by atoms with Gasteiger partial charge in [0, 0.05) is 5.92 Å². The van der Waals surface area contributed by atoms with Crippen LogP contribution in [0.2, 0.25) is 0 Å². The van der Waals surface area contributed by atoms with Crippen LogP contribution >= 0.6 is 0 Å². The Kier molecular flexibility index (Phi) is 3.60. The average Bonchev–Trinajstić information content (AvgIpc) is 2.64. The number of aromatic nitrogens is 2. The summed E-state index contributed by atoms with van der Waals surface area (Å²) >= 11 is 0. The first kappa shape index (κ1) is 11.1. The predicted octanol–water partition coefficient (Wildman–Crippen LogP) is 0.964. The molecule has 0 aliphatic rings. The number of nitrogens with zero attached hydrogens (tertiary/aromatic N) is 2. The highest BCUT2D eigenvalue weighted by molar-refractivity contribution is 4.97. The lowest BCUT2D eigenvalue weighted by Gasteiger charge is -2.08. The van der Waals surface area contributed by atoms with Gasteiger partial charge in [-0.1, -0.05) is 19.0 Å². The summed E-state index contributed by atoms with van der Waals surface area (Å²) in [6.45, 7) is 5.66. The van der Waals surface area contributed by atoms with Gasteiger partial charge < -0.3 is 15.4 Å². The van der Waals surface area contributed by atoms with Gasteiger partial charge in [-0.2, -0.15) is 4.98 Å². The van der Waals surface area contributed by atoms with Crippen molar-refractivity contribution in [2.24, 2.45) is 5.73 Å². The zero-order chi connectivity index (χ0) is 10.7. The highest BCUT2D eigenvalue weighted by Gasteiger charge is 2.20. The molecule has 1 rings (SSSR count). The number of aliphatic hydroxyl groups excluding tert-OH is 1. The molecule has 80 valence electrons. The van der Waals surface area contributed by atoms with Crippen LogP contribution in [0, 0.1) is 0 Å². The van der Waals surface area contributed by atoms with Crippen molar-refractivity contribution in [1.82, 2.24) is 10.1 Å². The lowest BCUT2D eigenvalue weighted by atomic mass is 10.1. The van der Waals surface area contributed by atoms with Crippen molar-refractivity contribution in [2.75, 3.05) is 0 Å². The fourth-order valence-corrected chi connectivity index (χ4v) is 0.972. The van der Waals surface area contributed by atoms with Gasteiger partial charge in [-0.3, -0.25) is 0 Å². The van der Waals surface area contributed by atoms with E-state index >= 15 is 0 Å². The Morgan fingerprint density at radius 2 is 2.14 bits per heavy atom. The predicted molar refractivity (Wildman–Crippen MR) is 51.6 cm³/mol. The molecule has 0 saturated carbocycles. The number of rotatable bonds is 4. The van der Waals surface area contributed by atoms with E-state index in [1.165, 1.54) is 0 Å². The van der Waals surface area contributed by atoms with Crippen LogP contribution in [0.1, 0.15) is 50.9 Å². The standard InChI is InChI=1S/C9H17N3O2/c1-4-5(2)8-11-9(14-12-8)7(10)6(3)13/h5-7,13H,4,10H2,1-3H3/t5?,6-,7+/m1/s1. The van der Waals surface area contributed by atoms with E-state index in [1.54, 1.807) is 6.92 Å². The summed E-state index contributed by atoms with van der Waals surface area (Å²) in [4.78, 5) is 4.14. The Morgan fingerprint density at radius 1 is 1.50 bits per heavy atom. The molecular weight excluding hydrogens is 182 g/mol. The van der Waals surface area contributed by atoms with Gasteiger partial charge in [0.25, 0.3) is 0 Å². The zero-order valence-corrected chi connectivity index (χ0v) is 8.77. The van der Waals surface area contributed by atoms with Crippen LogP contribution < -0.4 is 5.73 Å². The van der Waals surface area contributed by atoms with Gasteiger partial charge >= 0.3 is 0 Å². The molecule has 5 nitrogen and oxygen atoms in total. The van der Waals surface area contributed by atoms with Crippen molar-refractivity contribution >= 4 is 0 Å². The molecule has 0 aliphatic carbocycles. The number of hydrogen-bond donors (Lipinski definition) is 2. The van der Waals surface area contributed by atoms with Gasteiger partial charge in [0.05, 0.1) is 6.10 Å². The smallest absolute Gasteiger partial charge is 0.246 e. The summed E-state index contributed by atoms with van der Waals surface area (Å²) in [5.41, 5.74) is 5.65. The Hall–Kier alpha value is -0.940. The lowest BCUT2D eigenvalue weighted by molar-refractivity contribution is 0.146. The van der Waals surface area contributed by atoms with Gasteiger partial charge in [-0.05, 0) is 13.3 Å². The Bertz CT molecular complexity index is 285. The molecule has 0 aliphatic heterocycles. The monoisotopic (exact) mass is 199 g/mol. The van der Waals surface area contributed by atoms with Crippen LogP contribution in [0.5, 0.6) is 0 Å². The van der Waals surface area contributed by atoms with E-state index < -0.39 is 12.1 Å². The summed E-state index contributed by atoms with van der Waals surface area (Å²) < 4.78 is 4.96. The molecule has 14 heavy (non-hydrogen) atoms. The van der Waals surface area contributed by atoms with Gasteiger partial charge in [-0.25, -0.2) is 0 Å². The van der Waals surface area contributed by atoms with Crippen LogP contribution in [0.4, 0.5) is 0 Å². The first-order chi connectivity index (χ1) is 6.56. The maximum Gasteiger partial charge on any atom is 0.246 e. The van der Waals surface area contributed by atoms with Crippen molar-refractivity contribution in [1.29, 1.82) is 0 Å². The van der Waals surface area contributed by atoms with E-state index in [4.69, 9.17) is 10.3 Å². The van der Waals surface area contributed by atoms with Gasteiger partial charge in [-0.15, -0.1) is 0 Å². The molecule has 1 aromatic heterocycles. The fourth-order valence-electron chi connectivity index (χ4n) is 0.972. The Balaban J connectivity index is 2.77. The minimum absolute atomic E-state index is 0.258. The van der Waals surface area contributed by atoms with Crippen LogP contribution in [0.3, 0.4) is 0 Å². The summed E-state index contributed by atoms with van der Waals surface area (Å²) in [5.74, 6) is 1.21. The highest BCUT2D eigenvalue weighted by atomic mass is 16.5. The van der Waals surface area contributed by atoms with E-state index in [9.17, 15) is 5.11 Å². The van der Waals surface area contributed by atoms with E-state index in [0.29, 0.717) is 11.7 Å². The van der Waals surface area contributed by atoms with Crippen LogP contribution in [-0.2, 0) is 0 Å². The Morgan fingerprint density at radius 3 is 2.64 bits per heavy atom. The molecule has 0 saturated heterocycles. The number of aliphatic hydroxyl groups is 1. The third-order valence-corrected chi connectivity index (χ3v) is 2.32. The third-order valence-electron chi connectivity index (χ3n) is 2.32. The molecule has 5 heteroatoms. The molecule has 0 aromatic carbocycles. The van der Waals surface area contributed by atoms with E-state index in [-0.39, 0.29) is 5.92 Å². The maximum atomic E-state index is 9.23. The second-order valence-electron chi connectivity index (χ2n) is 3.57. The molecule has 0 bridgehead atoms. The van der Waals surface area contributed by atoms with Crippen LogP contribution in [0.25, 0.3) is 0 Å². The molecule has 1 aromatic rings. The second kappa shape index (κ2) is 4.52. The number of nitrogens with two attached hydrogens (primary N) is 1. The van der Waals surface area contributed by atoms with Crippen LogP contribution in [-0.4, -0.2) is 21.4 Å². The van der Waals surface area contributed by atoms with Crippen molar-refractivity contribution in [3.63, 3.8) is 0 Å². The number of hydrogen-bond acceptors (Lipinski definition) is 5. The van der Waals surface area contributed by atoms with Crippen molar-refractivity contribution in [2.45, 2.75) is 45.3 Å². The highest BCUT2D eigenvalue weighted by Crippen LogP contribution is 2.18. The van der Waals surface area contributed by atoms with Gasteiger partial charge in [0.1, 0.15) is 6.04 Å². The van der Waals surface area contributed by atoms with Crippen molar-refractivity contribution in [3.8, 4) is 0 Å². The van der Waals surface area contributed by atoms with E-state index in [2.05, 4.69) is 17.1 Å². The first-order valence-electron chi connectivity index (χ1n) is 4.83. The molecule has 0 spiro atoms. The molecule has 1 unspecified atom stereocenters. The Labute approximate surface area is 83.3 Å². The lowest BCUT2D eigenvalue weighted by Crippen LogP contribution is -2.23. The van der Waals surface area contributed by atoms with Gasteiger partial charge in [0.15, 0.2) is 5.82 Å². The van der Waals surface area contributed by atoms with E-state index in [0.717, 1.165) is 6.42 Å².